The Morgan fingerprint density at radius 2 is 2.10 bits per heavy atom. The quantitative estimate of drug-likeness (QED) is 0.841. The van der Waals surface area contributed by atoms with Crippen molar-refractivity contribution in [2.24, 2.45) is 0 Å². The van der Waals surface area contributed by atoms with Gasteiger partial charge in [0.25, 0.3) is 11.8 Å². The predicted molar refractivity (Wildman–Crippen MR) is 78.7 cm³/mol. The van der Waals surface area contributed by atoms with Crippen molar-refractivity contribution in [3.05, 3.63) is 41.2 Å². The highest BCUT2D eigenvalue weighted by Gasteiger charge is 2.18. The fourth-order valence-electron chi connectivity index (χ4n) is 2.08. The first-order valence-electron chi connectivity index (χ1n) is 6.75. The Bertz CT molecular complexity index is 712. The zero-order chi connectivity index (χ0) is 14.8. The number of aryl methyl sites for hydroxylation is 1. The van der Waals surface area contributed by atoms with E-state index in [1.54, 1.807) is 6.92 Å². The number of nitrogens with one attached hydrogen (secondary N) is 2. The number of benzene rings is 1. The van der Waals surface area contributed by atoms with Crippen LogP contribution in [0.4, 0.5) is 5.69 Å². The zero-order valence-electron chi connectivity index (χ0n) is 11.9. The van der Waals surface area contributed by atoms with Crippen molar-refractivity contribution in [2.45, 2.75) is 13.8 Å². The van der Waals surface area contributed by atoms with Crippen LogP contribution >= 0.6 is 0 Å². The SMILES string of the molecule is CC(C(=O)Nc1ccccc1-c1nc(C)no1)=C1CNC1. The van der Waals surface area contributed by atoms with Crippen LogP contribution in [-0.2, 0) is 4.79 Å². The van der Waals surface area contributed by atoms with E-state index in [4.69, 9.17) is 4.52 Å². The van der Waals surface area contributed by atoms with Crippen molar-refractivity contribution in [3.8, 4) is 11.5 Å². The van der Waals surface area contributed by atoms with E-state index >= 15 is 0 Å². The molecule has 0 aliphatic carbocycles. The second kappa shape index (κ2) is 5.49. The molecule has 0 atom stereocenters. The number of nitrogens with zero attached hydrogens (tertiary/aromatic N) is 2. The van der Waals surface area contributed by atoms with Gasteiger partial charge < -0.3 is 15.2 Å². The highest BCUT2D eigenvalue weighted by Crippen LogP contribution is 2.27. The van der Waals surface area contributed by atoms with Gasteiger partial charge in [-0.2, -0.15) is 4.98 Å². The van der Waals surface area contributed by atoms with Crippen LogP contribution in [0.5, 0.6) is 0 Å². The van der Waals surface area contributed by atoms with E-state index in [9.17, 15) is 4.79 Å². The Labute approximate surface area is 122 Å². The molecule has 1 aliphatic heterocycles. The molecule has 2 aromatic rings. The van der Waals surface area contributed by atoms with E-state index in [2.05, 4.69) is 20.8 Å². The molecule has 0 spiro atoms. The highest BCUT2D eigenvalue weighted by atomic mass is 16.5. The summed E-state index contributed by atoms with van der Waals surface area (Å²) in [6.07, 6.45) is 0. The fraction of sp³-hybridized carbons (Fsp3) is 0.267. The van der Waals surface area contributed by atoms with Crippen LogP contribution in [0.15, 0.2) is 39.9 Å². The van der Waals surface area contributed by atoms with Crippen molar-refractivity contribution in [2.75, 3.05) is 18.4 Å². The molecule has 108 valence electrons. The number of para-hydroxylation sites is 1. The minimum Gasteiger partial charge on any atom is -0.334 e. The van der Waals surface area contributed by atoms with Gasteiger partial charge in [-0.05, 0) is 31.6 Å². The molecule has 21 heavy (non-hydrogen) atoms. The molecule has 0 radical (unpaired) electrons. The molecule has 2 N–H and O–H groups in total. The second-order valence-electron chi connectivity index (χ2n) is 4.98. The summed E-state index contributed by atoms with van der Waals surface area (Å²) < 4.78 is 5.18. The lowest BCUT2D eigenvalue weighted by Gasteiger charge is -2.21. The Morgan fingerprint density at radius 1 is 1.33 bits per heavy atom. The summed E-state index contributed by atoms with van der Waals surface area (Å²) in [4.78, 5) is 16.5. The van der Waals surface area contributed by atoms with E-state index < -0.39 is 0 Å². The molecule has 1 aromatic carbocycles. The average Bonchev–Trinajstić information content (AvgIpc) is 2.84. The molecule has 0 bridgehead atoms. The van der Waals surface area contributed by atoms with Crippen molar-refractivity contribution in [1.29, 1.82) is 0 Å². The Hall–Kier alpha value is -2.47. The third-order valence-electron chi connectivity index (χ3n) is 3.48. The fourth-order valence-corrected chi connectivity index (χ4v) is 2.08. The maximum atomic E-state index is 12.3. The van der Waals surface area contributed by atoms with Crippen molar-refractivity contribution >= 4 is 11.6 Å². The standard InChI is InChI=1S/C15H16N4O2/c1-9(11-7-16-8-11)14(20)18-13-6-4-3-5-12(13)15-17-10(2)19-21-15/h3-6,16H,7-8H2,1-2H3,(H,18,20). The number of aromatic nitrogens is 2. The van der Waals surface area contributed by atoms with Crippen LogP contribution in [0.2, 0.25) is 0 Å². The monoisotopic (exact) mass is 284 g/mol. The number of anilines is 1. The second-order valence-corrected chi connectivity index (χ2v) is 4.98. The molecule has 2 heterocycles. The summed E-state index contributed by atoms with van der Waals surface area (Å²) >= 11 is 0. The Kier molecular flexibility index (Phi) is 3.53. The summed E-state index contributed by atoms with van der Waals surface area (Å²) in [5, 5.41) is 9.83. The van der Waals surface area contributed by atoms with Crippen molar-refractivity contribution in [3.63, 3.8) is 0 Å². The molecule has 1 amide bonds. The van der Waals surface area contributed by atoms with Crippen LogP contribution in [0.25, 0.3) is 11.5 Å². The lowest BCUT2D eigenvalue weighted by molar-refractivity contribution is -0.112. The average molecular weight is 284 g/mol. The van der Waals surface area contributed by atoms with Crippen molar-refractivity contribution in [1.82, 2.24) is 15.5 Å². The molecular formula is C15H16N4O2. The zero-order valence-corrected chi connectivity index (χ0v) is 11.9. The van der Waals surface area contributed by atoms with Gasteiger partial charge >= 0.3 is 0 Å². The largest absolute Gasteiger partial charge is 0.334 e. The molecule has 3 rings (SSSR count). The van der Waals surface area contributed by atoms with E-state index in [-0.39, 0.29) is 5.91 Å². The summed E-state index contributed by atoms with van der Waals surface area (Å²) in [7, 11) is 0. The van der Waals surface area contributed by atoms with Crippen LogP contribution in [0, 0.1) is 6.92 Å². The van der Waals surface area contributed by atoms with Gasteiger partial charge in [0, 0.05) is 18.7 Å². The molecule has 0 saturated carbocycles. The van der Waals surface area contributed by atoms with Crippen LogP contribution < -0.4 is 10.6 Å². The number of hydrogen-bond donors (Lipinski definition) is 2. The smallest absolute Gasteiger partial charge is 0.260 e. The molecule has 0 unspecified atom stereocenters. The number of carbonyl (C=O) groups excluding carboxylic acids is 1. The molecule has 6 heteroatoms. The van der Waals surface area contributed by atoms with Gasteiger partial charge in [0.05, 0.1) is 11.3 Å². The number of carbonyl (C=O) groups is 1. The van der Waals surface area contributed by atoms with Gasteiger partial charge in [0.1, 0.15) is 0 Å². The van der Waals surface area contributed by atoms with E-state index in [1.165, 1.54) is 0 Å². The highest BCUT2D eigenvalue weighted by molar-refractivity contribution is 6.05. The van der Waals surface area contributed by atoms with Gasteiger partial charge in [0.15, 0.2) is 5.82 Å². The minimum atomic E-state index is -0.102. The molecular weight excluding hydrogens is 268 g/mol. The first-order chi connectivity index (χ1) is 10.1. The lowest BCUT2D eigenvalue weighted by Crippen LogP contribution is -2.36. The summed E-state index contributed by atoms with van der Waals surface area (Å²) in [5.74, 6) is 0.860. The van der Waals surface area contributed by atoms with E-state index in [0.29, 0.717) is 17.4 Å². The number of rotatable bonds is 3. The molecule has 1 saturated heterocycles. The molecule has 1 aromatic heterocycles. The van der Waals surface area contributed by atoms with Gasteiger partial charge in [-0.1, -0.05) is 17.3 Å². The van der Waals surface area contributed by atoms with Gasteiger partial charge in [-0.25, -0.2) is 0 Å². The van der Waals surface area contributed by atoms with Crippen LogP contribution in [-0.4, -0.2) is 29.1 Å². The van der Waals surface area contributed by atoms with Gasteiger partial charge in [-0.15, -0.1) is 0 Å². The Balaban J connectivity index is 1.88. The van der Waals surface area contributed by atoms with Crippen molar-refractivity contribution < 1.29 is 9.32 Å². The molecule has 6 nitrogen and oxygen atoms in total. The van der Waals surface area contributed by atoms with Gasteiger partial charge in [0.2, 0.25) is 0 Å². The van der Waals surface area contributed by atoms with Crippen LogP contribution in [0.3, 0.4) is 0 Å². The predicted octanol–water partition coefficient (Wildman–Crippen LogP) is 1.90. The summed E-state index contributed by atoms with van der Waals surface area (Å²) in [5.41, 5.74) is 3.28. The summed E-state index contributed by atoms with van der Waals surface area (Å²) in [6.45, 7) is 5.16. The topological polar surface area (TPSA) is 80.1 Å². The lowest BCUT2D eigenvalue weighted by atomic mass is 10.0. The van der Waals surface area contributed by atoms with Crippen LogP contribution in [0.1, 0.15) is 12.7 Å². The number of hydrogen-bond acceptors (Lipinski definition) is 5. The van der Waals surface area contributed by atoms with Gasteiger partial charge in [-0.3, -0.25) is 4.79 Å². The third-order valence-corrected chi connectivity index (χ3v) is 3.48. The Morgan fingerprint density at radius 3 is 2.71 bits per heavy atom. The first-order valence-corrected chi connectivity index (χ1v) is 6.75. The minimum absolute atomic E-state index is 0.102. The normalized spacial score (nSPS) is 13.7. The number of amides is 1. The maximum absolute atomic E-state index is 12.3. The molecule has 1 fully saturated rings. The maximum Gasteiger partial charge on any atom is 0.260 e. The van der Waals surface area contributed by atoms with E-state index in [0.717, 1.165) is 29.8 Å². The first kappa shape index (κ1) is 13.5. The van der Waals surface area contributed by atoms with E-state index in [1.807, 2.05) is 31.2 Å². The molecule has 1 aliphatic rings. The third kappa shape index (κ3) is 2.71. The summed E-state index contributed by atoms with van der Waals surface area (Å²) in [6, 6.07) is 7.39.